The number of carbonyl (C=O) groups is 1. The van der Waals surface area contributed by atoms with Crippen LogP contribution in [0, 0.1) is 13.8 Å². The molecule has 2 aromatic rings. The number of nitrogens with zero attached hydrogens (tertiary/aromatic N) is 1. The zero-order chi connectivity index (χ0) is 20.4. The van der Waals surface area contributed by atoms with Crippen LogP contribution < -0.4 is 16.0 Å². The van der Waals surface area contributed by atoms with Crippen molar-refractivity contribution in [3.8, 4) is 0 Å². The van der Waals surface area contributed by atoms with Gasteiger partial charge in [-0.05, 0) is 57.4 Å². The summed E-state index contributed by atoms with van der Waals surface area (Å²) in [7, 11) is 0. The van der Waals surface area contributed by atoms with Gasteiger partial charge in [-0.1, -0.05) is 41.5 Å². The van der Waals surface area contributed by atoms with Gasteiger partial charge in [-0.25, -0.2) is 4.99 Å². The van der Waals surface area contributed by atoms with Crippen LogP contribution in [0.15, 0.2) is 47.5 Å². The largest absolute Gasteiger partial charge is 0.357 e. The van der Waals surface area contributed by atoms with E-state index in [4.69, 9.17) is 0 Å². The van der Waals surface area contributed by atoms with Crippen molar-refractivity contribution in [3.63, 3.8) is 0 Å². The van der Waals surface area contributed by atoms with Crippen LogP contribution in [0.2, 0.25) is 0 Å². The summed E-state index contributed by atoms with van der Waals surface area (Å²) in [5, 5.41) is 9.49. The lowest BCUT2D eigenvalue weighted by molar-refractivity contribution is 0.0956. The van der Waals surface area contributed by atoms with Gasteiger partial charge in [0.25, 0.3) is 5.91 Å². The van der Waals surface area contributed by atoms with Gasteiger partial charge in [-0.2, -0.15) is 0 Å². The molecule has 150 valence electrons. The molecule has 0 unspecified atom stereocenters. The molecule has 5 heteroatoms. The maximum absolute atomic E-state index is 11.8. The number of nitrogens with one attached hydrogen (secondary N) is 3. The van der Waals surface area contributed by atoms with Crippen LogP contribution in [-0.4, -0.2) is 31.5 Å². The zero-order valence-electron chi connectivity index (χ0n) is 17.4. The minimum absolute atomic E-state index is 0.0426. The standard InChI is InChI=1S/C23H32N4O/c1-5-24-22(28)21-9-7-19(8-10-21)16-27-23(25-6-2)26-12-11-20-14-17(3)13-18(4)15-20/h7-10,13-15H,5-6,11-12,16H2,1-4H3,(H,24,28)(H2,25,26,27). The number of aliphatic imine (C=N–C) groups is 1. The summed E-state index contributed by atoms with van der Waals surface area (Å²) in [4.78, 5) is 16.5. The van der Waals surface area contributed by atoms with Crippen LogP contribution in [0.5, 0.6) is 0 Å². The summed E-state index contributed by atoms with van der Waals surface area (Å²) in [6, 6.07) is 14.2. The van der Waals surface area contributed by atoms with Crippen LogP contribution in [-0.2, 0) is 13.0 Å². The number of guanidine groups is 1. The summed E-state index contributed by atoms with van der Waals surface area (Å²) < 4.78 is 0. The van der Waals surface area contributed by atoms with E-state index in [0.29, 0.717) is 18.7 Å². The topological polar surface area (TPSA) is 65.5 Å². The first-order valence-corrected chi connectivity index (χ1v) is 9.98. The summed E-state index contributed by atoms with van der Waals surface area (Å²) >= 11 is 0. The number of benzene rings is 2. The van der Waals surface area contributed by atoms with E-state index in [1.165, 1.54) is 16.7 Å². The van der Waals surface area contributed by atoms with E-state index in [9.17, 15) is 4.79 Å². The first-order chi connectivity index (χ1) is 13.5. The smallest absolute Gasteiger partial charge is 0.251 e. The Morgan fingerprint density at radius 1 is 0.857 bits per heavy atom. The second-order valence-electron chi connectivity index (χ2n) is 6.92. The van der Waals surface area contributed by atoms with Gasteiger partial charge in [0.2, 0.25) is 0 Å². The predicted octanol–water partition coefficient (Wildman–Crippen LogP) is 3.35. The van der Waals surface area contributed by atoms with E-state index in [2.05, 4.69) is 59.9 Å². The molecular formula is C23H32N4O. The fourth-order valence-corrected chi connectivity index (χ4v) is 3.07. The van der Waals surface area contributed by atoms with Crippen LogP contribution in [0.4, 0.5) is 0 Å². The third-order valence-electron chi connectivity index (χ3n) is 4.31. The van der Waals surface area contributed by atoms with Crippen molar-refractivity contribution in [2.75, 3.05) is 19.6 Å². The number of rotatable bonds is 8. The van der Waals surface area contributed by atoms with Crippen molar-refractivity contribution in [2.45, 2.75) is 40.7 Å². The van der Waals surface area contributed by atoms with Gasteiger partial charge < -0.3 is 16.0 Å². The third-order valence-corrected chi connectivity index (χ3v) is 4.31. The van der Waals surface area contributed by atoms with E-state index in [0.717, 1.165) is 31.0 Å². The van der Waals surface area contributed by atoms with Crippen LogP contribution >= 0.6 is 0 Å². The Kier molecular flexibility index (Phi) is 8.53. The van der Waals surface area contributed by atoms with E-state index >= 15 is 0 Å². The van der Waals surface area contributed by atoms with Gasteiger partial charge in [-0.3, -0.25) is 4.79 Å². The molecule has 0 saturated carbocycles. The molecule has 0 fully saturated rings. The zero-order valence-corrected chi connectivity index (χ0v) is 17.4. The first kappa shape index (κ1) is 21.5. The Labute approximate surface area is 168 Å². The average molecular weight is 381 g/mol. The lowest BCUT2D eigenvalue weighted by atomic mass is 10.1. The molecule has 28 heavy (non-hydrogen) atoms. The van der Waals surface area contributed by atoms with Gasteiger partial charge in [0, 0.05) is 25.2 Å². The van der Waals surface area contributed by atoms with Gasteiger partial charge in [0.15, 0.2) is 5.96 Å². The van der Waals surface area contributed by atoms with Crippen molar-refractivity contribution >= 4 is 11.9 Å². The number of hydrogen-bond donors (Lipinski definition) is 3. The molecule has 0 aliphatic rings. The summed E-state index contributed by atoms with van der Waals surface area (Å²) in [5.74, 6) is 0.763. The molecule has 1 amide bonds. The Hall–Kier alpha value is -2.82. The van der Waals surface area contributed by atoms with E-state index in [1.807, 2.05) is 31.2 Å². The molecule has 0 aliphatic carbocycles. The van der Waals surface area contributed by atoms with Crippen molar-refractivity contribution in [3.05, 3.63) is 70.3 Å². The second kappa shape index (κ2) is 11.1. The van der Waals surface area contributed by atoms with Crippen molar-refractivity contribution in [1.29, 1.82) is 0 Å². The quantitative estimate of drug-likeness (QED) is 0.486. The first-order valence-electron chi connectivity index (χ1n) is 9.98. The highest BCUT2D eigenvalue weighted by molar-refractivity contribution is 5.94. The van der Waals surface area contributed by atoms with E-state index in [1.54, 1.807) is 0 Å². The van der Waals surface area contributed by atoms with Crippen molar-refractivity contribution < 1.29 is 4.79 Å². The minimum atomic E-state index is -0.0426. The molecule has 0 bridgehead atoms. The molecule has 0 aliphatic heterocycles. The lowest BCUT2D eigenvalue weighted by Crippen LogP contribution is -2.38. The molecule has 2 rings (SSSR count). The lowest BCUT2D eigenvalue weighted by Gasteiger charge is -2.12. The van der Waals surface area contributed by atoms with Gasteiger partial charge in [0.1, 0.15) is 0 Å². The highest BCUT2D eigenvalue weighted by Gasteiger charge is 2.04. The molecule has 0 radical (unpaired) electrons. The maximum Gasteiger partial charge on any atom is 0.251 e. The molecule has 2 aromatic carbocycles. The summed E-state index contributed by atoms with van der Waals surface area (Å²) in [6.45, 7) is 11.1. The molecule has 0 saturated heterocycles. The Morgan fingerprint density at radius 3 is 2.11 bits per heavy atom. The maximum atomic E-state index is 11.8. The highest BCUT2D eigenvalue weighted by Crippen LogP contribution is 2.09. The third kappa shape index (κ3) is 7.06. The Morgan fingerprint density at radius 2 is 1.50 bits per heavy atom. The molecule has 5 nitrogen and oxygen atoms in total. The Bertz CT molecular complexity index is 776. The molecule has 0 atom stereocenters. The second-order valence-corrected chi connectivity index (χ2v) is 6.92. The highest BCUT2D eigenvalue weighted by atomic mass is 16.1. The van der Waals surface area contributed by atoms with Crippen LogP contribution in [0.1, 0.15) is 46.5 Å². The molecule has 0 aromatic heterocycles. The minimum Gasteiger partial charge on any atom is -0.357 e. The van der Waals surface area contributed by atoms with Crippen molar-refractivity contribution in [2.24, 2.45) is 4.99 Å². The van der Waals surface area contributed by atoms with Gasteiger partial charge in [0.05, 0.1) is 6.54 Å². The SMILES string of the molecule is CCNC(=O)c1ccc(CN=C(NCC)NCCc2cc(C)cc(C)c2)cc1. The summed E-state index contributed by atoms with van der Waals surface area (Å²) in [6.07, 6.45) is 0.953. The predicted molar refractivity (Wildman–Crippen MR) is 117 cm³/mol. The van der Waals surface area contributed by atoms with Crippen molar-refractivity contribution in [1.82, 2.24) is 16.0 Å². The number of amides is 1. The average Bonchev–Trinajstić information content (AvgIpc) is 2.66. The Balaban J connectivity index is 1.91. The number of hydrogen-bond acceptors (Lipinski definition) is 2. The number of carbonyl (C=O) groups excluding carboxylic acids is 1. The van der Waals surface area contributed by atoms with Crippen LogP contribution in [0.25, 0.3) is 0 Å². The molecular weight excluding hydrogens is 348 g/mol. The van der Waals surface area contributed by atoms with Crippen LogP contribution in [0.3, 0.4) is 0 Å². The van der Waals surface area contributed by atoms with Gasteiger partial charge >= 0.3 is 0 Å². The molecule has 0 heterocycles. The molecule has 0 spiro atoms. The number of aryl methyl sites for hydroxylation is 2. The summed E-state index contributed by atoms with van der Waals surface area (Å²) in [5.41, 5.74) is 5.67. The fourth-order valence-electron chi connectivity index (χ4n) is 3.07. The van der Waals surface area contributed by atoms with Gasteiger partial charge in [-0.15, -0.1) is 0 Å². The monoisotopic (exact) mass is 380 g/mol. The van der Waals surface area contributed by atoms with E-state index in [-0.39, 0.29) is 5.91 Å². The normalized spacial score (nSPS) is 11.2. The van der Waals surface area contributed by atoms with E-state index < -0.39 is 0 Å². The fraction of sp³-hybridized carbons (Fsp3) is 0.391. The molecule has 3 N–H and O–H groups in total.